The summed E-state index contributed by atoms with van der Waals surface area (Å²) in [4.78, 5) is 0. The second-order valence-electron chi connectivity index (χ2n) is 5.51. The van der Waals surface area contributed by atoms with Crippen LogP contribution in [0.4, 0.5) is 8.78 Å². The molecular weight excluding hydrogens is 252 g/mol. The van der Waals surface area contributed by atoms with Crippen molar-refractivity contribution in [3.8, 4) is 0 Å². The Morgan fingerprint density at radius 1 is 1.32 bits per heavy atom. The third kappa shape index (κ3) is 2.38. The number of benzene rings is 1. The van der Waals surface area contributed by atoms with Crippen molar-refractivity contribution < 1.29 is 18.2 Å². The molecule has 0 spiro atoms. The van der Waals surface area contributed by atoms with E-state index in [0.29, 0.717) is 18.5 Å². The SMILES string of the molecule is COC1(c2ccc(F)c(F)c2)CC[N+]([O-])(C(C)C)C1. The smallest absolute Gasteiger partial charge is 0.159 e. The fourth-order valence-electron chi connectivity index (χ4n) is 2.70. The highest BCUT2D eigenvalue weighted by atomic mass is 19.2. The highest BCUT2D eigenvalue weighted by Gasteiger charge is 2.47. The molecule has 19 heavy (non-hydrogen) atoms. The maximum absolute atomic E-state index is 13.4. The van der Waals surface area contributed by atoms with E-state index in [4.69, 9.17) is 4.74 Å². The van der Waals surface area contributed by atoms with Gasteiger partial charge in [0.2, 0.25) is 0 Å². The Kier molecular flexibility index (Phi) is 3.64. The Balaban J connectivity index is 2.37. The van der Waals surface area contributed by atoms with Crippen LogP contribution in [0.3, 0.4) is 0 Å². The van der Waals surface area contributed by atoms with Gasteiger partial charge in [-0.3, -0.25) is 0 Å². The molecule has 0 radical (unpaired) electrons. The molecule has 0 N–H and O–H groups in total. The summed E-state index contributed by atoms with van der Waals surface area (Å²) in [5.41, 5.74) is -0.286. The van der Waals surface area contributed by atoms with Gasteiger partial charge in [0.25, 0.3) is 0 Å². The van der Waals surface area contributed by atoms with Crippen LogP contribution in [-0.2, 0) is 10.3 Å². The number of ether oxygens (including phenoxy) is 1. The topological polar surface area (TPSA) is 32.3 Å². The van der Waals surface area contributed by atoms with E-state index in [-0.39, 0.29) is 17.2 Å². The van der Waals surface area contributed by atoms with Crippen molar-refractivity contribution in [2.24, 2.45) is 0 Å². The third-order valence-electron chi connectivity index (χ3n) is 4.19. The number of rotatable bonds is 3. The second kappa shape index (κ2) is 4.81. The van der Waals surface area contributed by atoms with Crippen molar-refractivity contribution in [2.45, 2.75) is 31.9 Å². The number of hydrogen-bond donors (Lipinski definition) is 0. The molecule has 2 unspecified atom stereocenters. The van der Waals surface area contributed by atoms with Crippen molar-refractivity contribution in [1.82, 2.24) is 0 Å². The van der Waals surface area contributed by atoms with Crippen molar-refractivity contribution in [3.63, 3.8) is 0 Å². The summed E-state index contributed by atoms with van der Waals surface area (Å²) in [7, 11) is 1.51. The fraction of sp³-hybridized carbons (Fsp3) is 0.571. The zero-order valence-corrected chi connectivity index (χ0v) is 11.5. The van der Waals surface area contributed by atoms with E-state index in [1.807, 2.05) is 13.8 Å². The minimum Gasteiger partial charge on any atom is -0.633 e. The molecule has 5 heteroatoms. The first kappa shape index (κ1) is 14.4. The Bertz CT molecular complexity index is 481. The van der Waals surface area contributed by atoms with E-state index in [0.717, 1.165) is 12.1 Å². The van der Waals surface area contributed by atoms with Gasteiger partial charge in [-0.1, -0.05) is 6.07 Å². The van der Waals surface area contributed by atoms with Crippen LogP contribution in [0.15, 0.2) is 18.2 Å². The standard InChI is InChI=1S/C14H19F2NO2/c1-10(2)17(18)7-6-14(9-17,19-3)11-4-5-12(15)13(16)8-11/h4-5,8,10H,6-7,9H2,1-3H3. The number of hydroxylamine groups is 3. The summed E-state index contributed by atoms with van der Waals surface area (Å²) in [6, 6.07) is 3.63. The van der Waals surface area contributed by atoms with E-state index >= 15 is 0 Å². The zero-order valence-electron chi connectivity index (χ0n) is 11.5. The zero-order chi connectivity index (χ0) is 14.3. The average molecular weight is 271 g/mol. The normalized spacial score (nSPS) is 31.1. The van der Waals surface area contributed by atoms with Gasteiger partial charge < -0.3 is 14.6 Å². The molecule has 2 atom stereocenters. The number of likely N-dealkylation sites (tertiary alicyclic amines) is 1. The Hall–Kier alpha value is -1.04. The molecule has 106 valence electrons. The van der Waals surface area contributed by atoms with Crippen LogP contribution in [-0.4, -0.2) is 30.9 Å². The number of methoxy groups -OCH3 is 1. The van der Waals surface area contributed by atoms with Crippen LogP contribution in [0.5, 0.6) is 0 Å². The minimum absolute atomic E-state index is 0.0812. The van der Waals surface area contributed by atoms with Crippen LogP contribution in [0.2, 0.25) is 0 Å². The minimum atomic E-state index is -0.908. The Morgan fingerprint density at radius 3 is 2.47 bits per heavy atom. The summed E-state index contributed by atoms with van der Waals surface area (Å²) < 4.78 is 31.5. The number of nitrogens with zero attached hydrogens (tertiary/aromatic N) is 1. The van der Waals surface area contributed by atoms with Crippen molar-refractivity contribution in [3.05, 3.63) is 40.6 Å². The largest absolute Gasteiger partial charge is 0.633 e. The molecule has 1 heterocycles. The van der Waals surface area contributed by atoms with E-state index in [2.05, 4.69) is 0 Å². The maximum atomic E-state index is 13.4. The van der Waals surface area contributed by atoms with E-state index in [1.54, 1.807) is 0 Å². The number of hydrogen-bond acceptors (Lipinski definition) is 2. The van der Waals surface area contributed by atoms with Gasteiger partial charge in [0.1, 0.15) is 12.1 Å². The highest BCUT2D eigenvalue weighted by Crippen LogP contribution is 2.40. The van der Waals surface area contributed by atoms with Gasteiger partial charge in [0, 0.05) is 13.5 Å². The summed E-state index contributed by atoms with van der Waals surface area (Å²) in [5.74, 6) is -1.80. The first-order valence-corrected chi connectivity index (χ1v) is 6.41. The molecule has 0 aromatic heterocycles. The van der Waals surface area contributed by atoms with Crippen LogP contribution in [0, 0.1) is 16.8 Å². The van der Waals surface area contributed by atoms with Crippen LogP contribution in [0.1, 0.15) is 25.8 Å². The molecule has 0 aliphatic carbocycles. The molecule has 1 aromatic rings. The lowest BCUT2D eigenvalue weighted by atomic mass is 9.92. The van der Waals surface area contributed by atoms with Crippen LogP contribution < -0.4 is 0 Å². The van der Waals surface area contributed by atoms with Gasteiger partial charge in [-0.25, -0.2) is 8.78 Å². The molecule has 1 aromatic carbocycles. The fourth-order valence-corrected chi connectivity index (χ4v) is 2.70. The maximum Gasteiger partial charge on any atom is 0.159 e. The van der Waals surface area contributed by atoms with Gasteiger partial charge >= 0.3 is 0 Å². The lowest BCUT2D eigenvalue weighted by Gasteiger charge is -2.44. The molecule has 3 nitrogen and oxygen atoms in total. The first-order valence-electron chi connectivity index (χ1n) is 6.41. The summed E-state index contributed by atoms with van der Waals surface area (Å²) in [6.45, 7) is 4.38. The predicted molar refractivity (Wildman–Crippen MR) is 68.2 cm³/mol. The Morgan fingerprint density at radius 2 is 2.00 bits per heavy atom. The molecule has 1 saturated heterocycles. The van der Waals surface area contributed by atoms with Crippen molar-refractivity contribution in [1.29, 1.82) is 0 Å². The van der Waals surface area contributed by atoms with Gasteiger partial charge in [0.05, 0.1) is 12.6 Å². The van der Waals surface area contributed by atoms with Crippen LogP contribution >= 0.6 is 0 Å². The molecule has 2 rings (SSSR count). The summed E-state index contributed by atoms with van der Waals surface area (Å²) in [6.07, 6.45) is 0.510. The Labute approximate surface area is 112 Å². The number of quaternary nitrogens is 1. The lowest BCUT2D eigenvalue weighted by Crippen LogP contribution is -2.48. The molecule has 0 bridgehead atoms. The predicted octanol–water partition coefficient (Wildman–Crippen LogP) is 2.93. The third-order valence-corrected chi connectivity index (χ3v) is 4.19. The quantitative estimate of drug-likeness (QED) is 0.625. The van der Waals surface area contributed by atoms with Gasteiger partial charge in [0.15, 0.2) is 11.6 Å². The summed E-state index contributed by atoms with van der Waals surface area (Å²) >= 11 is 0. The van der Waals surface area contributed by atoms with Gasteiger partial charge in [-0.2, -0.15) is 0 Å². The molecule has 1 aliphatic heterocycles. The van der Waals surface area contributed by atoms with Gasteiger partial charge in [-0.15, -0.1) is 0 Å². The average Bonchev–Trinajstić information content (AvgIpc) is 2.73. The van der Waals surface area contributed by atoms with E-state index < -0.39 is 17.2 Å². The van der Waals surface area contributed by atoms with Crippen LogP contribution in [0.25, 0.3) is 0 Å². The highest BCUT2D eigenvalue weighted by molar-refractivity contribution is 5.25. The lowest BCUT2D eigenvalue weighted by molar-refractivity contribution is -0.892. The summed E-state index contributed by atoms with van der Waals surface area (Å²) in [5, 5.41) is 12.6. The molecule has 1 fully saturated rings. The van der Waals surface area contributed by atoms with Crippen molar-refractivity contribution in [2.75, 3.05) is 20.2 Å². The van der Waals surface area contributed by atoms with E-state index in [9.17, 15) is 14.0 Å². The molecular formula is C14H19F2NO2. The molecule has 1 aliphatic rings. The van der Waals surface area contributed by atoms with Crippen molar-refractivity contribution >= 4 is 0 Å². The molecule has 0 amide bonds. The molecule has 0 saturated carbocycles. The van der Waals surface area contributed by atoms with Gasteiger partial charge in [-0.05, 0) is 31.5 Å². The first-order chi connectivity index (χ1) is 8.83. The number of halogens is 2. The monoisotopic (exact) mass is 271 g/mol. The second-order valence-corrected chi connectivity index (χ2v) is 5.51. The van der Waals surface area contributed by atoms with E-state index in [1.165, 1.54) is 13.2 Å².